The van der Waals surface area contributed by atoms with Crippen molar-refractivity contribution in [3.63, 3.8) is 0 Å². The van der Waals surface area contributed by atoms with Gasteiger partial charge in [0.2, 0.25) is 0 Å². The van der Waals surface area contributed by atoms with Crippen LogP contribution in [0.2, 0.25) is 0 Å². The van der Waals surface area contributed by atoms with Gasteiger partial charge in [-0.15, -0.1) is 0 Å². The number of aromatic nitrogens is 2. The Bertz CT molecular complexity index is 749. The average Bonchev–Trinajstić information content (AvgIpc) is 2.55. The molecular formula is C16H15F4N3S. The van der Waals surface area contributed by atoms with E-state index in [1.165, 1.54) is 11.8 Å². The Labute approximate surface area is 141 Å². The Balaban J connectivity index is 1.83. The maximum Gasteiger partial charge on any atom is 0.416 e. The Morgan fingerprint density at radius 3 is 2.79 bits per heavy atom. The number of nitrogens with zero attached hydrogens (tertiary/aromatic N) is 3. The molecule has 0 bridgehead atoms. The summed E-state index contributed by atoms with van der Waals surface area (Å²) in [4.78, 5) is 10.4. The molecule has 0 unspecified atom stereocenters. The van der Waals surface area contributed by atoms with Gasteiger partial charge in [0, 0.05) is 43.4 Å². The first kappa shape index (κ1) is 17.2. The van der Waals surface area contributed by atoms with Crippen molar-refractivity contribution in [3.8, 4) is 0 Å². The highest BCUT2D eigenvalue weighted by molar-refractivity contribution is 7.98. The Morgan fingerprint density at radius 2 is 2.08 bits per heavy atom. The molecule has 8 heteroatoms. The lowest BCUT2D eigenvalue weighted by Gasteiger charge is -2.29. The van der Waals surface area contributed by atoms with Gasteiger partial charge in [0.1, 0.15) is 5.82 Å². The van der Waals surface area contributed by atoms with Crippen molar-refractivity contribution >= 4 is 11.8 Å². The molecule has 0 radical (unpaired) electrons. The zero-order valence-electron chi connectivity index (χ0n) is 12.9. The van der Waals surface area contributed by atoms with Gasteiger partial charge in [-0.3, -0.25) is 4.90 Å². The van der Waals surface area contributed by atoms with E-state index < -0.39 is 17.6 Å². The van der Waals surface area contributed by atoms with Crippen LogP contribution < -0.4 is 0 Å². The standard InChI is InChI=1S/C16H15F4N3S/c1-24-15-21-7-10-8-23(6-5-14(10)22-15)9-11-12(16(18,19)20)3-2-4-13(11)17/h2-4,7H,5-6,8-9H2,1H3. The smallest absolute Gasteiger partial charge is 0.294 e. The van der Waals surface area contributed by atoms with Gasteiger partial charge in [-0.1, -0.05) is 17.8 Å². The molecule has 0 N–H and O–H groups in total. The van der Waals surface area contributed by atoms with Gasteiger partial charge in [-0.2, -0.15) is 13.2 Å². The van der Waals surface area contributed by atoms with Crippen molar-refractivity contribution in [2.24, 2.45) is 0 Å². The molecule has 0 fully saturated rings. The fourth-order valence-electron chi connectivity index (χ4n) is 2.80. The van der Waals surface area contributed by atoms with Gasteiger partial charge in [-0.05, 0) is 18.4 Å². The summed E-state index contributed by atoms with van der Waals surface area (Å²) >= 11 is 1.44. The van der Waals surface area contributed by atoms with Gasteiger partial charge in [0.15, 0.2) is 5.16 Å². The van der Waals surface area contributed by atoms with E-state index in [2.05, 4.69) is 9.97 Å². The predicted molar refractivity (Wildman–Crippen MR) is 83.0 cm³/mol. The topological polar surface area (TPSA) is 29.0 Å². The second-order valence-corrected chi connectivity index (χ2v) is 6.33. The van der Waals surface area contributed by atoms with Crippen LogP contribution in [0.3, 0.4) is 0 Å². The van der Waals surface area contributed by atoms with E-state index in [4.69, 9.17) is 0 Å². The maximum atomic E-state index is 14.0. The molecular weight excluding hydrogens is 342 g/mol. The highest BCUT2D eigenvalue weighted by atomic mass is 32.2. The minimum atomic E-state index is -4.57. The molecule has 0 spiro atoms. The number of rotatable bonds is 3. The first-order chi connectivity index (χ1) is 11.4. The lowest BCUT2D eigenvalue weighted by molar-refractivity contribution is -0.138. The molecule has 24 heavy (non-hydrogen) atoms. The van der Waals surface area contributed by atoms with Crippen molar-refractivity contribution < 1.29 is 17.6 Å². The monoisotopic (exact) mass is 357 g/mol. The molecule has 128 valence electrons. The van der Waals surface area contributed by atoms with Crippen molar-refractivity contribution in [2.45, 2.75) is 30.8 Å². The number of hydrogen-bond acceptors (Lipinski definition) is 4. The van der Waals surface area contributed by atoms with Crippen LogP contribution >= 0.6 is 11.8 Å². The van der Waals surface area contributed by atoms with Crippen molar-refractivity contribution in [3.05, 3.63) is 52.6 Å². The number of hydrogen-bond donors (Lipinski definition) is 0. The predicted octanol–water partition coefficient (Wildman–Crippen LogP) is 3.91. The first-order valence-corrected chi connectivity index (χ1v) is 8.56. The molecule has 2 aromatic rings. The Morgan fingerprint density at radius 1 is 1.29 bits per heavy atom. The van der Waals surface area contributed by atoms with E-state index in [0.29, 0.717) is 24.7 Å². The van der Waals surface area contributed by atoms with E-state index in [0.717, 1.165) is 29.5 Å². The molecule has 1 aromatic heterocycles. The average molecular weight is 357 g/mol. The summed E-state index contributed by atoms with van der Waals surface area (Å²) in [6, 6.07) is 3.07. The minimum absolute atomic E-state index is 0.0920. The zero-order valence-corrected chi connectivity index (χ0v) is 13.7. The maximum absolute atomic E-state index is 14.0. The quantitative estimate of drug-likeness (QED) is 0.473. The molecule has 1 aliphatic rings. The molecule has 3 nitrogen and oxygen atoms in total. The van der Waals surface area contributed by atoms with Crippen LogP contribution in [0.5, 0.6) is 0 Å². The van der Waals surface area contributed by atoms with Crippen molar-refractivity contribution in [2.75, 3.05) is 12.8 Å². The van der Waals surface area contributed by atoms with Gasteiger partial charge in [0.25, 0.3) is 0 Å². The Hall–Kier alpha value is -1.67. The third kappa shape index (κ3) is 3.54. The number of thioether (sulfide) groups is 1. The molecule has 1 aromatic carbocycles. The van der Waals surface area contributed by atoms with E-state index in [-0.39, 0.29) is 12.1 Å². The summed E-state index contributed by atoms with van der Waals surface area (Å²) in [5.74, 6) is -0.829. The fourth-order valence-corrected chi connectivity index (χ4v) is 3.16. The summed E-state index contributed by atoms with van der Waals surface area (Å²) in [5, 5.41) is 0.677. The molecule has 3 rings (SSSR count). The molecule has 1 aliphatic heterocycles. The Kier molecular flexibility index (Phi) is 4.78. The summed E-state index contributed by atoms with van der Waals surface area (Å²) in [6.45, 7) is 0.852. The van der Waals surface area contributed by atoms with Gasteiger partial charge in [0.05, 0.1) is 11.3 Å². The highest BCUT2D eigenvalue weighted by Crippen LogP contribution is 2.34. The summed E-state index contributed by atoms with van der Waals surface area (Å²) in [5.41, 5.74) is 0.566. The summed E-state index contributed by atoms with van der Waals surface area (Å²) in [6.07, 6.45) is -0.372. The summed E-state index contributed by atoms with van der Waals surface area (Å²) < 4.78 is 53.3. The highest BCUT2D eigenvalue weighted by Gasteiger charge is 2.35. The van der Waals surface area contributed by atoms with Gasteiger partial charge in [-0.25, -0.2) is 14.4 Å². The van der Waals surface area contributed by atoms with Crippen LogP contribution in [-0.2, 0) is 25.7 Å². The van der Waals surface area contributed by atoms with Crippen LogP contribution in [-0.4, -0.2) is 27.7 Å². The zero-order chi connectivity index (χ0) is 17.3. The lowest BCUT2D eigenvalue weighted by atomic mass is 10.0. The number of benzene rings is 1. The molecule has 0 aliphatic carbocycles. The van der Waals surface area contributed by atoms with Crippen molar-refractivity contribution in [1.29, 1.82) is 0 Å². The number of fused-ring (bicyclic) bond motifs is 1. The lowest BCUT2D eigenvalue weighted by Crippen LogP contribution is -2.32. The van der Waals surface area contributed by atoms with E-state index in [9.17, 15) is 17.6 Å². The summed E-state index contributed by atoms with van der Waals surface area (Å²) in [7, 11) is 0. The normalized spacial score (nSPS) is 15.4. The van der Waals surface area contributed by atoms with Gasteiger partial charge < -0.3 is 0 Å². The van der Waals surface area contributed by atoms with Crippen LogP contribution in [0, 0.1) is 5.82 Å². The largest absolute Gasteiger partial charge is 0.416 e. The third-order valence-electron chi connectivity index (χ3n) is 3.98. The third-order valence-corrected chi connectivity index (χ3v) is 4.54. The molecule has 0 amide bonds. The van der Waals surface area contributed by atoms with Crippen molar-refractivity contribution in [1.82, 2.24) is 14.9 Å². The number of halogens is 4. The number of alkyl halides is 3. The molecule has 0 saturated carbocycles. The minimum Gasteiger partial charge on any atom is -0.294 e. The first-order valence-electron chi connectivity index (χ1n) is 7.34. The second kappa shape index (κ2) is 6.68. The van der Waals surface area contributed by atoms with E-state index >= 15 is 0 Å². The molecule has 0 saturated heterocycles. The fraction of sp³-hybridized carbons (Fsp3) is 0.375. The second-order valence-electron chi connectivity index (χ2n) is 5.55. The SMILES string of the molecule is CSc1ncc2c(n1)CCN(Cc1c(F)cccc1C(F)(F)F)C2. The van der Waals surface area contributed by atoms with Gasteiger partial charge >= 0.3 is 6.18 Å². The van der Waals surface area contributed by atoms with Crippen LogP contribution in [0.4, 0.5) is 17.6 Å². The van der Waals surface area contributed by atoms with Crippen LogP contribution in [0.25, 0.3) is 0 Å². The van der Waals surface area contributed by atoms with E-state index in [1.807, 2.05) is 6.26 Å². The van der Waals surface area contributed by atoms with Crippen LogP contribution in [0.15, 0.2) is 29.6 Å². The van der Waals surface area contributed by atoms with Crippen LogP contribution in [0.1, 0.15) is 22.4 Å². The molecule has 0 atom stereocenters. The van der Waals surface area contributed by atoms with E-state index in [1.54, 1.807) is 11.1 Å². The molecule has 2 heterocycles.